The van der Waals surface area contributed by atoms with Crippen molar-refractivity contribution in [3.8, 4) is 21.8 Å². The highest BCUT2D eigenvalue weighted by atomic mass is 35.5. The van der Waals surface area contributed by atoms with Crippen molar-refractivity contribution in [3.05, 3.63) is 64.3 Å². The van der Waals surface area contributed by atoms with Gasteiger partial charge in [-0.1, -0.05) is 23.7 Å². The van der Waals surface area contributed by atoms with Gasteiger partial charge < -0.3 is 14.6 Å². The molecule has 246 valence electrons. The van der Waals surface area contributed by atoms with E-state index in [0.29, 0.717) is 22.5 Å². The SMILES string of the molecule is CCn1nc(C2CCN(C3COC3)CC2)c2nc(-c3nc4cc(C)c(C(OC(C)(C)C)C(=O)O)c(-c5ccc(Cl)cc5)c4s3)ccc21. The predicted molar refractivity (Wildman–Crippen MR) is 186 cm³/mol. The second-order valence-corrected chi connectivity index (χ2v) is 15.0. The van der Waals surface area contributed by atoms with Gasteiger partial charge in [0.25, 0.3) is 0 Å². The Bertz CT molecular complexity index is 1950. The van der Waals surface area contributed by atoms with E-state index in [2.05, 4.69) is 22.6 Å². The maximum atomic E-state index is 12.7. The first-order valence-corrected chi connectivity index (χ1v) is 17.5. The van der Waals surface area contributed by atoms with Crippen molar-refractivity contribution in [3.63, 3.8) is 0 Å². The van der Waals surface area contributed by atoms with Crippen molar-refractivity contribution < 1.29 is 19.4 Å². The molecule has 2 aliphatic heterocycles. The van der Waals surface area contributed by atoms with E-state index in [9.17, 15) is 9.90 Å². The highest BCUT2D eigenvalue weighted by molar-refractivity contribution is 7.22. The minimum Gasteiger partial charge on any atom is -0.479 e. The molecule has 5 heterocycles. The molecule has 1 N–H and O–H groups in total. The molecular formula is C36H40ClN5O4S. The lowest BCUT2D eigenvalue weighted by atomic mass is 9.91. The second-order valence-electron chi connectivity index (χ2n) is 13.6. The van der Waals surface area contributed by atoms with Crippen LogP contribution in [0.1, 0.15) is 69.4 Å². The number of halogens is 1. The van der Waals surface area contributed by atoms with Gasteiger partial charge in [-0.3, -0.25) is 9.58 Å². The van der Waals surface area contributed by atoms with Gasteiger partial charge in [-0.25, -0.2) is 14.8 Å². The van der Waals surface area contributed by atoms with Gasteiger partial charge in [0.2, 0.25) is 0 Å². The summed E-state index contributed by atoms with van der Waals surface area (Å²) in [6, 6.07) is 14.1. The number of hydrogen-bond acceptors (Lipinski definition) is 8. The number of benzene rings is 2. The van der Waals surface area contributed by atoms with Gasteiger partial charge in [0.05, 0.1) is 52.0 Å². The number of likely N-dealkylation sites (tertiary alicyclic amines) is 1. The van der Waals surface area contributed by atoms with E-state index in [1.807, 2.05) is 64.1 Å². The Balaban J connectivity index is 1.34. The molecule has 0 amide bonds. The molecule has 0 bridgehead atoms. The first-order chi connectivity index (χ1) is 22.5. The van der Waals surface area contributed by atoms with E-state index in [1.165, 1.54) is 11.3 Å². The standard InChI is InChI=1S/C36H40ClN5O4S/c1-6-42-27-12-11-25(38-31(27)30(40-42)22-13-15-41(16-14-22)24-18-45-19-24)34-39-26-17-20(2)28(32(35(43)44)46-36(3,4)5)29(33(26)47-34)21-7-9-23(37)10-8-21/h7-12,17,22,24,32H,6,13-16,18-19H2,1-5H3,(H,43,44). The molecule has 0 spiro atoms. The summed E-state index contributed by atoms with van der Waals surface area (Å²) in [6.07, 6.45) is 0.927. The van der Waals surface area contributed by atoms with Crippen molar-refractivity contribution in [2.75, 3.05) is 26.3 Å². The molecule has 47 heavy (non-hydrogen) atoms. The van der Waals surface area contributed by atoms with E-state index in [0.717, 1.165) is 100 Å². The van der Waals surface area contributed by atoms with Crippen molar-refractivity contribution >= 4 is 50.2 Å². The van der Waals surface area contributed by atoms with E-state index in [-0.39, 0.29) is 0 Å². The number of nitrogens with zero attached hydrogens (tertiary/aromatic N) is 5. The van der Waals surface area contributed by atoms with Crippen molar-refractivity contribution in [1.82, 2.24) is 24.6 Å². The Morgan fingerprint density at radius 3 is 2.47 bits per heavy atom. The van der Waals surface area contributed by atoms with Crippen molar-refractivity contribution in [2.24, 2.45) is 0 Å². The van der Waals surface area contributed by atoms with Crippen molar-refractivity contribution in [2.45, 2.75) is 77.7 Å². The molecule has 9 nitrogen and oxygen atoms in total. The summed E-state index contributed by atoms with van der Waals surface area (Å²) in [5.41, 5.74) is 6.99. The summed E-state index contributed by atoms with van der Waals surface area (Å²) >= 11 is 7.80. The number of carbonyl (C=O) groups is 1. The summed E-state index contributed by atoms with van der Waals surface area (Å²) in [5.74, 6) is -0.695. The summed E-state index contributed by atoms with van der Waals surface area (Å²) in [5, 5.41) is 16.9. The van der Waals surface area contributed by atoms with Crippen LogP contribution in [-0.4, -0.2) is 73.7 Å². The number of hydrogen-bond donors (Lipinski definition) is 1. The molecule has 1 unspecified atom stereocenters. The fourth-order valence-corrected chi connectivity index (χ4v) is 8.06. The highest BCUT2D eigenvalue weighted by Crippen LogP contribution is 2.44. The minimum absolute atomic E-state index is 0.346. The van der Waals surface area contributed by atoms with Gasteiger partial charge in [-0.15, -0.1) is 11.3 Å². The van der Waals surface area contributed by atoms with E-state index < -0.39 is 17.7 Å². The third-order valence-electron chi connectivity index (χ3n) is 9.21. The van der Waals surface area contributed by atoms with E-state index >= 15 is 0 Å². The van der Waals surface area contributed by atoms with Crippen LogP contribution >= 0.6 is 22.9 Å². The first kappa shape index (κ1) is 32.2. The number of aliphatic carboxylic acids is 1. The molecule has 2 saturated heterocycles. The topological polar surface area (TPSA) is 103 Å². The van der Waals surface area contributed by atoms with E-state index in [4.69, 9.17) is 36.1 Å². The fraction of sp³-hybridized carbons (Fsp3) is 0.444. The molecule has 0 aliphatic carbocycles. The maximum Gasteiger partial charge on any atom is 0.337 e. The Morgan fingerprint density at radius 1 is 1.13 bits per heavy atom. The van der Waals surface area contributed by atoms with Crippen LogP contribution in [-0.2, 0) is 20.8 Å². The molecule has 2 aromatic carbocycles. The number of pyridine rings is 1. The van der Waals surface area contributed by atoms with Crippen LogP contribution in [0.5, 0.6) is 0 Å². The highest BCUT2D eigenvalue weighted by Gasteiger charge is 2.34. The van der Waals surface area contributed by atoms with Crippen LogP contribution in [0.25, 0.3) is 43.1 Å². The fourth-order valence-electron chi connectivity index (χ4n) is 6.84. The molecule has 2 fully saturated rings. The number of ether oxygens (including phenoxy) is 2. The zero-order valence-electron chi connectivity index (χ0n) is 27.4. The number of carboxylic acid groups (broad SMARTS) is 1. The monoisotopic (exact) mass is 673 g/mol. The molecule has 11 heteroatoms. The number of fused-ring (bicyclic) bond motifs is 2. The van der Waals surface area contributed by atoms with Crippen molar-refractivity contribution in [1.29, 1.82) is 0 Å². The smallest absolute Gasteiger partial charge is 0.337 e. The molecule has 3 aromatic heterocycles. The summed E-state index contributed by atoms with van der Waals surface area (Å²) in [7, 11) is 0. The summed E-state index contributed by atoms with van der Waals surface area (Å²) in [4.78, 5) is 25.6. The lowest BCUT2D eigenvalue weighted by Gasteiger charge is -2.41. The van der Waals surface area contributed by atoms with Crippen LogP contribution < -0.4 is 0 Å². The lowest BCUT2D eigenvalue weighted by molar-refractivity contribution is -0.160. The minimum atomic E-state index is -1.17. The lowest BCUT2D eigenvalue weighted by Crippen LogP contribution is -2.51. The Labute approximate surface area is 283 Å². The Hall–Kier alpha value is -3.41. The predicted octanol–water partition coefficient (Wildman–Crippen LogP) is 7.88. The second kappa shape index (κ2) is 12.6. The summed E-state index contributed by atoms with van der Waals surface area (Å²) in [6.45, 7) is 14.2. The molecule has 5 aromatic rings. The average Bonchev–Trinajstić information content (AvgIpc) is 3.60. The Morgan fingerprint density at radius 2 is 1.85 bits per heavy atom. The Kier molecular flexibility index (Phi) is 8.59. The normalized spacial score (nSPS) is 17.4. The van der Waals surface area contributed by atoms with Gasteiger partial charge in [0.15, 0.2) is 6.10 Å². The van der Waals surface area contributed by atoms with Gasteiger partial charge in [0, 0.05) is 28.6 Å². The molecule has 0 radical (unpaired) electrons. The average molecular weight is 674 g/mol. The largest absolute Gasteiger partial charge is 0.479 e. The number of carboxylic acids is 1. The third-order valence-corrected chi connectivity index (χ3v) is 10.6. The van der Waals surface area contributed by atoms with Gasteiger partial charge in [0.1, 0.15) is 10.5 Å². The van der Waals surface area contributed by atoms with Crippen LogP contribution in [0.2, 0.25) is 5.02 Å². The van der Waals surface area contributed by atoms with E-state index in [1.54, 1.807) is 0 Å². The van der Waals surface area contributed by atoms with Crippen LogP contribution in [0.15, 0.2) is 42.5 Å². The molecule has 7 rings (SSSR count). The van der Waals surface area contributed by atoms with Crippen LogP contribution in [0.4, 0.5) is 0 Å². The number of thiazole rings is 1. The third kappa shape index (κ3) is 6.18. The van der Waals surface area contributed by atoms with Crippen LogP contribution in [0, 0.1) is 6.92 Å². The maximum absolute atomic E-state index is 12.7. The van der Waals surface area contributed by atoms with Crippen LogP contribution in [0.3, 0.4) is 0 Å². The molecule has 2 aliphatic rings. The zero-order valence-corrected chi connectivity index (χ0v) is 29.0. The molecule has 1 atom stereocenters. The molecule has 0 saturated carbocycles. The number of rotatable bonds is 8. The first-order valence-electron chi connectivity index (χ1n) is 16.3. The van der Waals surface area contributed by atoms with Gasteiger partial charge in [-0.2, -0.15) is 5.10 Å². The molecular weight excluding hydrogens is 634 g/mol. The van der Waals surface area contributed by atoms with Gasteiger partial charge in [-0.05, 0) is 102 Å². The quantitative estimate of drug-likeness (QED) is 0.178. The zero-order chi connectivity index (χ0) is 33.0. The van der Waals surface area contributed by atoms with Gasteiger partial charge >= 0.3 is 5.97 Å². The number of aryl methyl sites for hydroxylation is 2. The summed E-state index contributed by atoms with van der Waals surface area (Å²) < 4.78 is 14.6. The number of piperidine rings is 1. The number of aromatic nitrogens is 4.